The molecule has 0 bridgehead atoms. The van der Waals surface area contributed by atoms with Gasteiger partial charge in [-0.05, 0) is 13.5 Å². The summed E-state index contributed by atoms with van der Waals surface area (Å²) in [6.07, 6.45) is 0.371. The number of methoxy groups -OCH3 is 1. The van der Waals surface area contributed by atoms with Gasteiger partial charge in [-0.15, -0.1) is 11.3 Å². The van der Waals surface area contributed by atoms with Crippen LogP contribution in [0.25, 0.3) is 0 Å². The first kappa shape index (κ1) is 17.6. The molecule has 7 heteroatoms. The molecule has 1 amide bonds. The van der Waals surface area contributed by atoms with Crippen LogP contribution < -0.4 is 4.90 Å². The van der Waals surface area contributed by atoms with Crippen LogP contribution in [0.5, 0.6) is 0 Å². The van der Waals surface area contributed by atoms with E-state index in [2.05, 4.69) is 14.6 Å². The Morgan fingerprint density at radius 3 is 2.57 bits per heavy atom. The lowest BCUT2D eigenvalue weighted by atomic mass is 10.3. The highest BCUT2D eigenvalue weighted by Gasteiger charge is 2.15. The molecule has 21 heavy (non-hydrogen) atoms. The number of thiazole rings is 1. The molecule has 118 valence electrons. The monoisotopic (exact) mass is 313 g/mol. The lowest BCUT2D eigenvalue weighted by Crippen LogP contribution is -2.28. The SMILES string of the molecule is CCN(CCC(=O)OC)Cc1csc(N(CC)C(C)=O)n1. The van der Waals surface area contributed by atoms with E-state index in [1.165, 1.54) is 18.4 Å². The van der Waals surface area contributed by atoms with Crippen LogP contribution in [0, 0.1) is 0 Å². The summed E-state index contributed by atoms with van der Waals surface area (Å²) in [5, 5.41) is 2.69. The Kier molecular flexibility index (Phi) is 7.31. The molecular formula is C14H23N3O3S. The number of rotatable bonds is 8. The van der Waals surface area contributed by atoms with Crippen molar-refractivity contribution in [1.82, 2.24) is 9.88 Å². The molecule has 0 fully saturated rings. The van der Waals surface area contributed by atoms with Crippen LogP contribution in [0.15, 0.2) is 5.38 Å². The number of carbonyl (C=O) groups is 2. The van der Waals surface area contributed by atoms with Gasteiger partial charge in [0, 0.05) is 31.9 Å². The summed E-state index contributed by atoms with van der Waals surface area (Å²) < 4.78 is 4.65. The molecule has 0 saturated heterocycles. The van der Waals surface area contributed by atoms with Crippen LogP contribution in [0.4, 0.5) is 5.13 Å². The number of hydrogen-bond acceptors (Lipinski definition) is 6. The zero-order chi connectivity index (χ0) is 15.8. The predicted octanol–water partition coefficient (Wildman–Crippen LogP) is 1.90. The minimum atomic E-state index is -0.207. The molecule has 0 aliphatic carbocycles. The molecule has 1 aromatic rings. The highest BCUT2D eigenvalue weighted by molar-refractivity contribution is 7.14. The van der Waals surface area contributed by atoms with Gasteiger partial charge in [0.15, 0.2) is 5.13 Å². The summed E-state index contributed by atoms with van der Waals surface area (Å²) in [4.78, 5) is 31.0. The van der Waals surface area contributed by atoms with Crippen molar-refractivity contribution >= 4 is 28.3 Å². The Bertz CT molecular complexity index is 476. The highest BCUT2D eigenvalue weighted by atomic mass is 32.1. The third-order valence-electron chi connectivity index (χ3n) is 3.16. The molecule has 1 heterocycles. The minimum Gasteiger partial charge on any atom is -0.469 e. The van der Waals surface area contributed by atoms with Crippen molar-refractivity contribution < 1.29 is 14.3 Å². The third-order valence-corrected chi connectivity index (χ3v) is 4.07. The van der Waals surface area contributed by atoms with E-state index in [1.54, 1.807) is 11.8 Å². The first-order chi connectivity index (χ1) is 10.0. The van der Waals surface area contributed by atoms with Crippen LogP contribution in [0.2, 0.25) is 0 Å². The first-order valence-electron chi connectivity index (χ1n) is 7.03. The van der Waals surface area contributed by atoms with E-state index < -0.39 is 0 Å². The van der Waals surface area contributed by atoms with Gasteiger partial charge in [-0.25, -0.2) is 4.98 Å². The van der Waals surface area contributed by atoms with Gasteiger partial charge >= 0.3 is 5.97 Å². The van der Waals surface area contributed by atoms with Gasteiger partial charge in [0.1, 0.15) is 0 Å². The van der Waals surface area contributed by atoms with Crippen molar-refractivity contribution in [1.29, 1.82) is 0 Å². The maximum Gasteiger partial charge on any atom is 0.306 e. The molecule has 6 nitrogen and oxygen atoms in total. The van der Waals surface area contributed by atoms with E-state index in [4.69, 9.17) is 0 Å². The van der Waals surface area contributed by atoms with Gasteiger partial charge in [0.05, 0.1) is 19.2 Å². The van der Waals surface area contributed by atoms with E-state index in [0.29, 0.717) is 26.1 Å². The van der Waals surface area contributed by atoms with Crippen molar-refractivity contribution in [3.63, 3.8) is 0 Å². The molecule has 0 unspecified atom stereocenters. The van der Waals surface area contributed by atoms with Crippen LogP contribution in [-0.4, -0.2) is 48.5 Å². The molecule has 0 aromatic carbocycles. The summed E-state index contributed by atoms with van der Waals surface area (Å²) in [5.74, 6) is -0.211. The van der Waals surface area contributed by atoms with Gasteiger partial charge in [0.25, 0.3) is 0 Å². The number of anilines is 1. The Hall–Kier alpha value is -1.47. The number of amides is 1. The van der Waals surface area contributed by atoms with Crippen molar-refractivity contribution in [2.24, 2.45) is 0 Å². The second-order valence-electron chi connectivity index (χ2n) is 4.58. The normalized spacial score (nSPS) is 10.7. The minimum absolute atomic E-state index is 0.00330. The first-order valence-corrected chi connectivity index (χ1v) is 7.91. The molecule has 0 radical (unpaired) electrons. The maximum absolute atomic E-state index is 11.5. The summed E-state index contributed by atoms with van der Waals surface area (Å²) in [5.41, 5.74) is 0.918. The van der Waals surface area contributed by atoms with Crippen LogP contribution in [0.3, 0.4) is 0 Å². The Balaban J connectivity index is 2.63. The van der Waals surface area contributed by atoms with E-state index in [9.17, 15) is 9.59 Å². The van der Waals surface area contributed by atoms with Crippen molar-refractivity contribution in [2.75, 3.05) is 31.6 Å². The lowest BCUT2D eigenvalue weighted by Gasteiger charge is -2.18. The fraction of sp³-hybridized carbons (Fsp3) is 0.643. The van der Waals surface area contributed by atoms with E-state index in [-0.39, 0.29) is 11.9 Å². The van der Waals surface area contributed by atoms with E-state index in [1.807, 2.05) is 19.2 Å². The molecule has 1 rings (SSSR count). The van der Waals surface area contributed by atoms with Gasteiger partial charge in [0.2, 0.25) is 5.91 Å². The molecule has 0 N–H and O–H groups in total. The predicted molar refractivity (Wildman–Crippen MR) is 83.4 cm³/mol. The zero-order valence-electron chi connectivity index (χ0n) is 13.1. The van der Waals surface area contributed by atoms with Crippen molar-refractivity contribution in [2.45, 2.75) is 33.7 Å². The maximum atomic E-state index is 11.5. The average molecular weight is 313 g/mol. The standard InChI is InChI=1S/C14H23N3O3S/c1-5-16(8-7-13(19)20-4)9-12-10-21-14(15-12)17(6-2)11(3)18/h10H,5-9H2,1-4H3. The molecule has 0 aliphatic heterocycles. The number of esters is 1. The fourth-order valence-corrected chi connectivity index (χ4v) is 2.84. The number of hydrogen-bond donors (Lipinski definition) is 0. The van der Waals surface area contributed by atoms with Gasteiger partial charge in [-0.1, -0.05) is 6.92 Å². The highest BCUT2D eigenvalue weighted by Crippen LogP contribution is 2.21. The quantitative estimate of drug-likeness (QED) is 0.686. The molecule has 0 aliphatic rings. The van der Waals surface area contributed by atoms with E-state index in [0.717, 1.165) is 17.4 Å². The van der Waals surface area contributed by atoms with Crippen LogP contribution in [0.1, 0.15) is 32.9 Å². The second-order valence-corrected chi connectivity index (χ2v) is 5.42. The third kappa shape index (κ3) is 5.43. The largest absolute Gasteiger partial charge is 0.469 e. The van der Waals surface area contributed by atoms with Crippen LogP contribution >= 0.6 is 11.3 Å². The number of aromatic nitrogens is 1. The average Bonchev–Trinajstić information content (AvgIpc) is 2.91. The summed E-state index contributed by atoms with van der Waals surface area (Å²) in [6, 6.07) is 0. The Morgan fingerprint density at radius 1 is 1.33 bits per heavy atom. The van der Waals surface area contributed by atoms with Crippen molar-refractivity contribution in [3.05, 3.63) is 11.1 Å². The van der Waals surface area contributed by atoms with Gasteiger partial charge in [-0.3, -0.25) is 19.4 Å². The van der Waals surface area contributed by atoms with Gasteiger partial charge in [-0.2, -0.15) is 0 Å². The Morgan fingerprint density at radius 2 is 2.05 bits per heavy atom. The number of carbonyl (C=O) groups excluding carboxylic acids is 2. The second kappa shape index (κ2) is 8.74. The summed E-state index contributed by atoms with van der Waals surface area (Å²) in [7, 11) is 1.40. The van der Waals surface area contributed by atoms with Gasteiger partial charge < -0.3 is 4.74 Å². The Labute approximate surface area is 129 Å². The summed E-state index contributed by atoms with van der Waals surface area (Å²) >= 11 is 1.47. The molecule has 0 saturated carbocycles. The van der Waals surface area contributed by atoms with E-state index >= 15 is 0 Å². The fourth-order valence-electron chi connectivity index (χ4n) is 1.92. The smallest absolute Gasteiger partial charge is 0.306 e. The molecule has 1 aromatic heterocycles. The zero-order valence-corrected chi connectivity index (χ0v) is 13.9. The lowest BCUT2D eigenvalue weighted by molar-refractivity contribution is -0.141. The molecular weight excluding hydrogens is 290 g/mol. The number of nitrogens with zero attached hydrogens (tertiary/aromatic N) is 3. The molecule has 0 atom stereocenters. The topological polar surface area (TPSA) is 62.7 Å². The van der Waals surface area contributed by atoms with Crippen LogP contribution in [-0.2, 0) is 20.9 Å². The summed E-state index contributed by atoms with van der Waals surface area (Å²) in [6.45, 7) is 8.25. The van der Waals surface area contributed by atoms with Crippen molar-refractivity contribution in [3.8, 4) is 0 Å². The number of ether oxygens (including phenoxy) is 1. The molecule has 0 spiro atoms.